The van der Waals surface area contributed by atoms with Crippen LogP contribution in [0.15, 0.2) is 12.7 Å². The van der Waals surface area contributed by atoms with E-state index in [1.165, 1.54) is 0 Å². The molecule has 2 nitrogen and oxygen atoms in total. The van der Waals surface area contributed by atoms with Crippen LogP contribution in [-0.4, -0.2) is 35.7 Å². The van der Waals surface area contributed by atoms with Crippen LogP contribution in [-0.2, 0) is 0 Å². The molecule has 0 atom stereocenters. The van der Waals surface area contributed by atoms with Crippen molar-refractivity contribution < 1.29 is 5.11 Å². The summed E-state index contributed by atoms with van der Waals surface area (Å²) in [6.07, 6.45) is 2.88. The average Bonchev–Trinajstić information content (AvgIpc) is 1.78. The summed E-state index contributed by atoms with van der Waals surface area (Å²) in [5.41, 5.74) is 0. The molecule has 1 N–H and O–H groups in total. The van der Waals surface area contributed by atoms with Crippen LogP contribution < -0.4 is 0 Å². The van der Waals surface area contributed by atoms with Gasteiger partial charge in [0.1, 0.15) is 0 Å². The number of nitrogens with zero attached hydrogens (tertiary/aromatic N) is 1. The lowest BCUT2D eigenvalue weighted by Gasteiger charge is -2.35. The molecule has 0 aromatic rings. The third-order valence-corrected chi connectivity index (χ3v) is 1.59. The maximum Gasteiger partial charge on any atom is 0.0793 e. The minimum Gasteiger partial charge on any atom is -0.390 e. The topological polar surface area (TPSA) is 23.5 Å². The number of aliphatic hydroxyl groups is 1. The summed E-state index contributed by atoms with van der Waals surface area (Å²) in [5, 5.41) is 8.85. The molecule has 0 aliphatic carbocycles. The maximum atomic E-state index is 8.85. The largest absolute Gasteiger partial charge is 0.390 e. The van der Waals surface area contributed by atoms with E-state index in [4.69, 9.17) is 5.11 Å². The highest BCUT2D eigenvalue weighted by molar-refractivity contribution is 4.80. The van der Waals surface area contributed by atoms with Crippen molar-refractivity contribution in [3.63, 3.8) is 0 Å². The number of aliphatic hydroxyl groups excluding tert-OH is 1. The first-order chi connectivity index (χ1) is 4.33. The predicted molar refractivity (Wildman–Crippen MR) is 37.3 cm³/mol. The minimum absolute atomic E-state index is 0.0604. The molecule has 0 aromatic heterocycles. The maximum absolute atomic E-state index is 8.85. The van der Waals surface area contributed by atoms with Crippen LogP contribution >= 0.6 is 0 Å². The summed E-state index contributed by atoms with van der Waals surface area (Å²) in [6, 6.07) is 0. The quantitative estimate of drug-likeness (QED) is 0.549. The van der Waals surface area contributed by atoms with Crippen LogP contribution in [0.1, 0.15) is 6.42 Å². The minimum atomic E-state index is -0.0604. The molecule has 1 saturated heterocycles. The zero-order chi connectivity index (χ0) is 6.69. The average molecular weight is 127 g/mol. The Morgan fingerprint density at radius 2 is 2.33 bits per heavy atom. The lowest BCUT2D eigenvalue weighted by Crippen LogP contribution is -2.50. The molecule has 2 heteroatoms. The second kappa shape index (κ2) is 2.99. The Morgan fingerprint density at radius 3 is 2.78 bits per heavy atom. The van der Waals surface area contributed by atoms with E-state index in [2.05, 4.69) is 11.5 Å². The number of hydrogen-bond donors (Lipinski definition) is 1. The van der Waals surface area contributed by atoms with E-state index in [1.54, 1.807) is 0 Å². The van der Waals surface area contributed by atoms with Crippen LogP contribution in [0.25, 0.3) is 0 Å². The van der Waals surface area contributed by atoms with Gasteiger partial charge in [0, 0.05) is 19.6 Å². The van der Waals surface area contributed by atoms with Crippen molar-refractivity contribution in [1.29, 1.82) is 0 Å². The lowest BCUT2D eigenvalue weighted by atomic mass is 10.1. The van der Waals surface area contributed by atoms with Crippen molar-refractivity contribution in [3.05, 3.63) is 12.7 Å². The molecular formula is C7H13NO. The summed E-state index contributed by atoms with van der Waals surface area (Å²) in [4.78, 5) is 2.21. The molecule has 0 spiro atoms. The van der Waals surface area contributed by atoms with Gasteiger partial charge >= 0.3 is 0 Å². The summed E-state index contributed by atoms with van der Waals surface area (Å²) in [6.45, 7) is 6.39. The third kappa shape index (κ3) is 1.80. The van der Waals surface area contributed by atoms with Gasteiger partial charge in [0.15, 0.2) is 0 Å². The first kappa shape index (κ1) is 6.78. The Labute approximate surface area is 55.8 Å². The highest BCUT2D eigenvalue weighted by atomic mass is 16.3. The molecule has 9 heavy (non-hydrogen) atoms. The molecule has 1 fully saturated rings. The predicted octanol–water partition coefficient (Wildman–Crippen LogP) is 0.239. The molecule has 0 aromatic carbocycles. The van der Waals surface area contributed by atoms with E-state index in [0.29, 0.717) is 0 Å². The van der Waals surface area contributed by atoms with Gasteiger partial charge in [0.2, 0.25) is 0 Å². The Kier molecular flexibility index (Phi) is 2.25. The molecule has 1 rings (SSSR count). The molecule has 0 unspecified atom stereocenters. The third-order valence-electron chi connectivity index (χ3n) is 1.59. The molecule has 0 radical (unpaired) electrons. The van der Waals surface area contributed by atoms with Gasteiger partial charge in [-0.2, -0.15) is 0 Å². The SMILES string of the molecule is C=CCCN1CC(O)C1. The Balaban J connectivity index is 1.97. The molecular weight excluding hydrogens is 114 g/mol. The smallest absolute Gasteiger partial charge is 0.0793 e. The van der Waals surface area contributed by atoms with Gasteiger partial charge in [-0.25, -0.2) is 0 Å². The number of likely N-dealkylation sites (tertiary alicyclic amines) is 1. The standard InChI is InChI=1S/C7H13NO/c1-2-3-4-8-5-7(9)6-8/h2,7,9H,1,3-6H2. The second-order valence-corrected chi connectivity index (χ2v) is 2.49. The Morgan fingerprint density at radius 1 is 1.67 bits per heavy atom. The van der Waals surface area contributed by atoms with Gasteiger partial charge in [-0.1, -0.05) is 6.08 Å². The fourth-order valence-electron chi connectivity index (χ4n) is 0.999. The summed E-state index contributed by atoms with van der Waals surface area (Å²) < 4.78 is 0. The Hall–Kier alpha value is -0.340. The highest BCUT2D eigenvalue weighted by Gasteiger charge is 2.22. The van der Waals surface area contributed by atoms with E-state index < -0.39 is 0 Å². The molecule has 1 aliphatic heterocycles. The molecule has 0 bridgehead atoms. The second-order valence-electron chi connectivity index (χ2n) is 2.49. The number of rotatable bonds is 3. The van der Waals surface area contributed by atoms with E-state index in [0.717, 1.165) is 26.1 Å². The van der Waals surface area contributed by atoms with Gasteiger partial charge < -0.3 is 5.11 Å². The zero-order valence-electron chi connectivity index (χ0n) is 5.58. The summed E-state index contributed by atoms with van der Waals surface area (Å²) in [7, 11) is 0. The summed E-state index contributed by atoms with van der Waals surface area (Å²) in [5.74, 6) is 0. The highest BCUT2D eigenvalue weighted by Crippen LogP contribution is 2.06. The van der Waals surface area contributed by atoms with Crippen molar-refractivity contribution in [2.75, 3.05) is 19.6 Å². The Bertz CT molecular complexity index is 97.1. The van der Waals surface area contributed by atoms with Gasteiger partial charge in [-0.3, -0.25) is 4.90 Å². The van der Waals surface area contributed by atoms with Crippen molar-refractivity contribution >= 4 is 0 Å². The van der Waals surface area contributed by atoms with Crippen LogP contribution in [0.4, 0.5) is 0 Å². The normalized spacial score (nSPS) is 21.4. The van der Waals surface area contributed by atoms with E-state index in [1.807, 2.05) is 6.08 Å². The first-order valence-corrected chi connectivity index (χ1v) is 3.34. The fraction of sp³-hybridized carbons (Fsp3) is 0.714. The van der Waals surface area contributed by atoms with Crippen LogP contribution in [0.2, 0.25) is 0 Å². The van der Waals surface area contributed by atoms with Gasteiger partial charge in [-0.05, 0) is 6.42 Å². The zero-order valence-corrected chi connectivity index (χ0v) is 5.58. The molecule has 0 saturated carbocycles. The van der Waals surface area contributed by atoms with Gasteiger partial charge in [0.05, 0.1) is 6.10 Å². The van der Waals surface area contributed by atoms with Gasteiger partial charge in [0.25, 0.3) is 0 Å². The molecule has 52 valence electrons. The van der Waals surface area contributed by atoms with Crippen LogP contribution in [0.5, 0.6) is 0 Å². The van der Waals surface area contributed by atoms with Crippen molar-refractivity contribution in [3.8, 4) is 0 Å². The van der Waals surface area contributed by atoms with Crippen LogP contribution in [0, 0.1) is 0 Å². The summed E-state index contributed by atoms with van der Waals surface area (Å²) >= 11 is 0. The van der Waals surface area contributed by atoms with E-state index >= 15 is 0 Å². The van der Waals surface area contributed by atoms with Gasteiger partial charge in [-0.15, -0.1) is 6.58 Å². The fourth-order valence-corrected chi connectivity index (χ4v) is 0.999. The molecule has 0 amide bonds. The van der Waals surface area contributed by atoms with Crippen molar-refractivity contribution in [2.45, 2.75) is 12.5 Å². The lowest BCUT2D eigenvalue weighted by molar-refractivity contribution is 0.00350. The van der Waals surface area contributed by atoms with Crippen molar-refractivity contribution in [1.82, 2.24) is 4.90 Å². The first-order valence-electron chi connectivity index (χ1n) is 3.34. The molecule has 1 aliphatic rings. The molecule has 1 heterocycles. The number of hydrogen-bond acceptors (Lipinski definition) is 2. The monoisotopic (exact) mass is 127 g/mol. The van der Waals surface area contributed by atoms with E-state index in [9.17, 15) is 0 Å². The number of β-amino-alcohol motifs (C(OH)–C–C–N with tert-alkyl or cyclic N) is 1. The van der Waals surface area contributed by atoms with Crippen molar-refractivity contribution in [2.24, 2.45) is 0 Å². The van der Waals surface area contributed by atoms with E-state index in [-0.39, 0.29) is 6.10 Å². The van der Waals surface area contributed by atoms with Crippen LogP contribution in [0.3, 0.4) is 0 Å².